The molecule has 90 valence electrons. The molecule has 0 aliphatic rings. The highest BCUT2D eigenvalue weighted by Crippen LogP contribution is 1.99. The lowest BCUT2D eigenvalue weighted by Crippen LogP contribution is -2.19. The van der Waals surface area contributed by atoms with Crippen LogP contribution in [0.5, 0.6) is 0 Å². The summed E-state index contributed by atoms with van der Waals surface area (Å²) in [5.41, 5.74) is 2.59. The van der Waals surface area contributed by atoms with Crippen LogP contribution in [0.25, 0.3) is 0 Å². The van der Waals surface area contributed by atoms with E-state index in [9.17, 15) is 0 Å². The molecule has 0 amide bonds. The Kier molecular flexibility index (Phi) is 6.76. The van der Waals surface area contributed by atoms with E-state index in [4.69, 9.17) is 0 Å². The van der Waals surface area contributed by atoms with Crippen LogP contribution in [0.4, 0.5) is 0 Å². The van der Waals surface area contributed by atoms with Gasteiger partial charge in [-0.25, -0.2) is 0 Å². The smallest absolute Gasteiger partial charge is 0.0205 e. The maximum Gasteiger partial charge on any atom is 0.0205 e. The molecule has 1 heteroatoms. The van der Waals surface area contributed by atoms with Gasteiger partial charge in [0.25, 0.3) is 0 Å². The van der Waals surface area contributed by atoms with E-state index in [1.165, 1.54) is 11.1 Å². The van der Waals surface area contributed by atoms with Crippen LogP contribution in [0.2, 0.25) is 0 Å². The van der Waals surface area contributed by atoms with Crippen LogP contribution in [-0.2, 0) is 6.42 Å². The van der Waals surface area contributed by atoms with Crippen molar-refractivity contribution in [1.82, 2.24) is 5.32 Å². The minimum absolute atomic E-state index is 0.876. The summed E-state index contributed by atoms with van der Waals surface area (Å²) >= 11 is 0. The molecule has 0 bridgehead atoms. The monoisotopic (exact) mass is 227 g/mol. The lowest BCUT2D eigenvalue weighted by molar-refractivity contribution is 0.734. The molecule has 0 aliphatic heterocycles. The van der Waals surface area contributed by atoms with E-state index in [1.807, 2.05) is 31.2 Å². The van der Waals surface area contributed by atoms with Crippen LogP contribution < -0.4 is 5.32 Å². The van der Waals surface area contributed by atoms with Gasteiger partial charge in [-0.05, 0) is 31.0 Å². The summed E-state index contributed by atoms with van der Waals surface area (Å²) < 4.78 is 0. The first-order valence-electron chi connectivity index (χ1n) is 6.05. The third kappa shape index (κ3) is 5.88. The van der Waals surface area contributed by atoms with E-state index in [2.05, 4.69) is 42.2 Å². The largest absolute Gasteiger partial charge is 0.312 e. The molecule has 1 rings (SSSR count). The molecule has 0 saturated heterocycles. The topological polar surface area (TPSA) is 12.0 Å². The van der Waals surface area contributed by atoms with Gasteiger partial charge in [0.2, 0.25) is 0 Å². The van der Waals surface area contributed by atoms with Crippen LogP contribution >= 0.6 is 0 Å². The SMILES string of the molecule is C=CC(=CC=CC)CNCCc1ccccc1. The standard InChI is InChI=1S/C16H21N/c1-3-5-9-15(4-2)14-17-13-12-16-10-7-6-8-11-16/h3-11,17H,2,12-14H2,1H3. The lowest BCUT2D eigenvalue weighted by Gasteiger charge is -2.05. The Balaban J connectivity index is 2.26. The van der Waals surface area contributed by atoms with Crippen molar-refractivity contribution in [2.45, 2.75) is 13.3 Å². The summed E-state index contributed by atoms with van der Waals surface area (Å²) in [5.74, 6) is 0. The molecule has 0 saturated carbocycles. The molecule has 1 nitrogen and oxygen atoms in total. The minimum atomic E-state index is 0.876. The highest BCUT2D eigenvalue weighted by Gasteiger charge is 1.93. The van der Waals surface area contributed by atoms with Crippen molar-refractivity contribution < 1.29 is 0 Å². The molecule has 0 spiro atoms. The van der Waals surface area contributed by atoms with Gasteiger partial charge in [0.1, 0.15) is 0 Å². The van der Waals surface area contributed by atoms with Gasteiger partial charge in [-0.1, -0.05) is 61.2 Å². The first kappa shape index (κ1) is 13.5. The molecule has 0 fully saturated rings. The van der Waals surface area contributed by atoms with Crippen LogP contribution in [0, 0.1) is 0 Å². The molecule has 0 aromatic heterocycles. The fraction of sp³-hybridized carbons (Fsp3) is 0.250. The van der Waals surface area contributed by atoms with Crippen LogP contribution in [0.3, 0.4) is 0 Å². The van der Waals surface area contributed by atoms with Crippen LogP contribution in [-0.4, -0.2) is 13.1 Å². The third-order valence-corrected chi connectivity index (χ3v) is 2.53. The predicted molar refractivity (Wildman–Crippen MR) is 76.1 cm³/mol. The highest BCUT2D eigenvalue weighted by molar-refractivity contribution is 5.23. The predicted octanol–water partition coefficient (Wildman–Crippen LogP) is 3.51. The van der Waals surface area contributed by atoms with E-state index in [-0.39, 0.29) is 0 Å². The quantitative estimate of drug-likeness (QED) is 0.555. The summed E-state index contributed by atoms with van der Waals surface area (Å²) in [4.78, 5) is 0. The first-order chi connectivity index (χ1) is 8.36. The second-order valence-corrected chi connectivity index (χ2v) is 3.88. The summed E-state index contributed by atoms with van der Waals surface area (Å²) in [6.07, 6.45) is 9.11. The van der Waals surface area contributed by atoms with Crippen molar-refractivity contribution >= 4 is 0 Å². The molecule has 0 atom stereocenters. The molecule has 0 radical (unpaired) electrons. The van der Waals surface area contributed by atoms with E-state index in [1.54, 1.807) is 0 Å². The van der Waals surface area contributed by atoms with E-state index in [0.717, 1.165) is 19.5 Å². The van der Waals surface area contributed by atoms with Gasteiger partial charge >= 0.3 is 0 Å². The van der Waals surface area contributed by atoms with Gasteiger partial charge in [0.05, 0.1) is 0 Å². The van der Waals surface area contributed by atoms with Gasteiger partial charge in [-0.2, -0.15) is 0 Å². The zero-order chi connectivity index (χ0) is 12.3. The number of nitrogens with one attached hydrogen (secondary N) is 1. The Hall–Kier alpha value is -1.60. The first-order valence-corrected chi connectivity index (χ1v) is 6.05. The fourth-order valence-corrected chi connectivity index (χ4v) is 1.53. The Labute approximate surface area is 105 Å². The molecule has 17 heavy (non-hydrogen) atoms. The van der Waals surface area contributed by atoms with Crippen molar-refractivity contribution in [3.8, 4) is 0 Å². The Bertz CT molecular complexity index is 374. The molecule has 1 aromatic rings. The average Bonchev–Trinajstić information content (AvgIpc) is 2.39. The lowest BCUT2D eigenvalue weighted by atomic mass is 10.1. The summed E-state index contributed by atoms with van der Waals surface area (Å²) in [7, 11) is 0. The zero-order valence-corrected chi connectivity index (χ0v) is 10.5. The van der Waals surface area contributed by atoms with Crippen LogP contribution in [0.15, 0.2) is 66.8 Å². The van der Waals surface area contributed by atoms with Crippen molar-refractivity contribution in [1.29, 1.82) is 0 Å². The van der Waals surface area contributed by atoms with Gasteiger partial charge in [-0.15, -0.1) is 0 Å². The van der Waals surface area contributed by atoms with Gasteiger partial charge in [0.15, 0.2) is 0 Å². The van der Waals surface area contributed by atoms with Crippen molar-refractivity contribution in [3.05, 3.63) is 72.4 Å². The zero-order valence-electron chi connectivity index (χ0n) is 10.5. The van der Waals surface area contributed by atoms with Crippen molar-refractivity contribution in [2.24, 2.45) is 0 Å². The molecule has 0 heterocycles. The average molecular weight is 227 g/mol. The van der Waals surface area contributed by atoms with E-state index >= 15 is 0 Å². The Morgan fingerprint density at radius 2 is 2.06 bits per heavy atom. The summed E-state index contributed by atoms with van der Waals surface area (Å²) in [6, 6.07) is 10.5. The summed E-state index contributed by atoms with van der Waals surface area (Å²) in [5, 5.41) is 3.42. The van der Waals surface area contributed by atoms with Gasteiger partial charge in [0, 0.05) is 6.54 Å². The van der Waals surface area contributed by atoms with Crippen LogP contribution in [0.1, 0.15) is 12.5 Å². The Morgan fingerprint density at radius 1 is 1.29 bits per heavy atom. The molecular weight excluding hydrogens is 206 g/mol. The number of benzene rings is 1. The molecular formula is C16H21N. The minimum Gasteiger partial charge on any atom is -0.312 e. The van der Waals surface area contributed by atoms with Crippen molar-refractivity contribution in [2.75, 3.05) is 13.1 Å². The Morgan fingerprint density at radius 3 is 2.71 bits per heavy atom. The second-order valence-electron chi connectivity index (χ2n) is 3.88. The van der Waals surface area contributed by atoms with Gasteiger partial charge in [-0.3, -0.25) is 0 Å². The number of rotatable bonds is 7. The molecule has 0 unspecified atom stereocenters. The fourth-order valence-electron chi connectivity index (χ4n) is 1.53. The number of allylic oxidation sites excluding steroid dienone is 3. The van der Waals surface area contributed by atoms with Gasteiger partial charge < -0.3 is 5.32 Å². The molecule has 1 aromatic carbocycles. The molecule has 1 N–H and O–H groups in total. The highest BCUT2D eigenvalue weighted by atomic mass is 14.8. The van der Waals surface area contributed by atoms with E-state index in [0.29, 0.717) is 0 Å². The van der Waals surface area contributed by atoms with E-state index < -0.39 is 0 Å². The maximum atomic E-state index is 3.81. The maximum absolute atomic E-state index is 3.81. The number of hydrogen-bond donors (Lipinski definition) is 1. The third-order valence-electron chi connectivity index (χ3n) is 2.53. The normalized spacial score (nSPS) is 11.9. The second kappa shape index (κ2) is 8.54. The number of hydrogen-bond acceptors (Lipinski definition) is 1. The van der Waals surface area contributed by atoms with Crippen molar-refractivity contribution in [3.63, 3.8) is 0 Å². The molecule has 0 aliphatic carbocycles. The summed E-state index contributed by atoms with van der Waals surface area (Å²) in [6.45, 7) is 7.69.